The predicted molar refractivity (Wildman–Crippen MR) is 123 cm³/mol. The fourth-order valence-corrected chi connectivity index (χ4v) is 3.10. The van der Waals surface area contributed by atoms with Gasteiger partial charge in [-0.15, -0.1) is 10.2 Å². The van der Waals surface area contributed by atoms with Crippen LogP contribution in [0.15, 0.2) is 76.1 Å². The monoisotopic (exact) mass is 461 g/mol. The van der Waals surface area contributed by atoms with E-state index >= 15 is 0 Å². The number of hydrogen-bond acceptors (Lipinski definition) is 8. The minimum Gasteiger partial charge on any atom is -0.494 e. The number of hydrogen-bond donors (Lipinski definition) is 1. The average molecular weight is 461 g/mol. The van der Waals surface area contributed by atoms with Gasteiger partial charge < -0.3 is 19.2 Å². The van der Waals surface area contributed by atoms with E-state index in [2.05, 4.69) is 20.6 Å². The molecule has 174 valence electrons. The molecule has 3 heterocycles. The molecule has 1 N–H and O–H groups in total. The molecular weight excluding hydrogens is 438 g/mol. The number of furan rings is 1. The molecule has 10 nitrogen and oxygen atoms in total. The Hall–Kier alpha value is -4.47. The number of rotatable bonds is 10. The van der Waals surface area contributed by atoms with Crippen molar-refractivity contribution in [1.82, 2.24) is 25.3 Å². The molecule has 3 aromatic heterocycles. The van der Waals surface area contributed by atoms with Crippen LogP contribution in [0.4, 0.5) is 0 Å². The zero-order chi connectivity index (χ0) is 23.8. The predicted octanol–water partition coefficient (Wildman–Crippen LogP) is 2.55. The number of nitrogens with one attached hydrogen (secondary N) is 1. The quantitative estimate of drug-likeness (QED) is 0.358. The topological polar surface area (TPSA) is 121 Å². The second kappa shape index (κ2) is 10.9. The van der Waals surface area contributed by atoms with Crippen LogP contribution in [0.2, 0.25) is 0 Å². The summed E-state index contributed by atoms with van der Waals surface area (Å²) < 4.78 is 17.3. The molecule has 4 aromatic rings. The Balaban J connectivity index is 1.27. The van der Waals surface area contributed by atoms with E-state index in [1.165, 1.54) is 6.07 Å². The van der Waals surface area contributed by atoms with E-state index in [-0.39, 0.29) is 31.2 Å². The van der Waals surface area contributed by atoms with Gasteiger partial charge in [-0.25, -0.2) is 4.68 Å². The lowest BCUT2D eigenvalue weighted by atomic mass is 10.1. The lowest BCUT2D eigenvalue weighted by Crippen LogP contribution is -2.35. The first-order valence-corrected chi connectivity index (χ1v) is 10.7. The van der Waals surface area contributed by atoms with Crippen LogP contribution in [-0.4, -0.2) is 45.6 Å². The number of ether oxygens (including phenoxy) is 2. The molecule has 0 spiro atoms. The summed E-state index contributed by atoms with van der Waals surface area (Å²) in [5.74, 6) is 1.33. The third kappa shape index (κ3) is 5.85. The van der Waals surface area contributed by atoms with Gasteiger partial charge in [-0.2, -0.15) is 5.10 Å². The van der Waals surface area contributed by atoms with Crippen molar-refractivity contribution in [2.45, 2.75) is 13.5 Å². The Morgan fingerprint density at radius 2 is 1.82 bits per heavy atom. The molecule has 1 aromatic carbocycles. The minimum atomic E-state index is -0.368. The Labute approximate surface area is 195 Å². The van der Waals surface area contributed by atoms with Gasteiger partial charge in [0.05, 0.1) is 25.1 Å². The summed E-state index contributed by atoms with van der Waals surface area (Å²) in [5, 5.41) is 15.0. The molecule has 0 aliphatic carbocycles. The van der Waals surface area contributed by atoms with Gasteiger partial charge in [0.1, 0.15) is 24.6 Å². The van der Waals surface area contributed by atoms with Crippen LogP contribution in [0.25, 0.3) is 22.7 Å². The highest BCUT2D eigenvalue weighted by Crippen LogP contribution is 2.20. The van der Waals surface area contributed by atoms with E-state index in [4.69, 9.17) is 13.9 Å². The van der Waals surface area contributed by atoms with Gasteiger partial charge in [0.25, 0.3) is 5.56 Å². The molecule has 1 amide bonds. The first-order valence-electron chi connectivity index (χ1n) is 10.7. The van der Waals surface area contributed by atoms with Crippen LogP contribution in [0.5, 0.6) is 11.6 Å². The maximum absolute atomic E-state index is 12.3. The summed E-state index contributed by atoms with van der Waals surface area (Å²) in [4.78, 5) is 24.5. The maximum atomic E-state index is 12.3. The number of nitrogens with zero attached hydrogens (tertiary/aromatic N) is 4. The molecule has 0 unspecified atom stereocenters. The first-order chi connectivity index (χ1) is 16.6. The van der Waals surface area contributed by atoms with E-state index in [1.54, 1.807) is 36.6 Å². The van der Waals surface area contributed by atoms with Crippen LogP contribution < -0.4 is 20.3 Å². The van der Waals surface area contributed by atoms with E-state index in [0.29, 0.717) is 29.6 Å². The van der Waals surface area contributed by atoms with Gasteiger partial charge in [-0.1, -0.05) is 0 Å². The Morgan fingerprint density at radius 1 is 1.00 bits per heavy atom. The van der Waals surface area contributed by atoms with Gasteiger partial charge in [0, 0.05) is 17.7 Å². The third-order valence-electron chi connectivity index (χ3n) is 4.71. The lowest BCUT2D eigenvalue weighted by molar-refractivity contribution is -0.122. The van der Waals surface area contributed by atoms with E-state index in [1.807, 2.05) is 31.2 Å². The van der Waals surface area contributed by atoms with Crippen molar-refractivity contribution >= 4 is 5.91 Å². The molecule has 0 saturated carbocycles. The smallest absolute Gasteiger partial charge is 0.267 e. The normalized spacial score (nSPS) is 10.6. The van der Waals surface area contributed by atoms with Gasteiger partial charge >= 0.3 is 0 Å². The molecule has 0 radical (unpaired) electrons. The summed E-state index contributed by atoms with van der Waals surface area (Å²) in [6.45, 7) is 2.70. The molecule has 0 fully saturated rings. The van der Waals surface area contributed by atoms with E-state index < -0.39 is 0 Å². The zero-order valence-corrected chi connectivity index (χ0v) is 18.5. The largest absolute Gasteiger partial charge is 0.494 e. The minimum absolute atomic E-state index is 0.190. The summed E-state index contributed by atoms with van der Waals surface area (Å²) in [5.41, 5.74) is 1.62. The SMILES string of the molecule is CCOc1ccc(-c2ccc(=O)n(CC(=O)NCCOc3ccc(-c4ccco4)nn3)n2)cc1. The number of amides is 1. The highest BCUT2D eigenvalue weighted by atomic mass is 16.5. The molecule has 0 saturated heterocycles. The Bertz CT molecular complexity index is 1270. The van der Waals surface area contributed by atoms with Gasteiger partial charge in [0.2, 0.25) is 11.8 Å². The second-order valence-electron chi connectivity index (χ2n) is 7.10. The summed E-state index contributed by atoms with van der Waals surface area (Å²) >= 11 is 0. The molecule has 4 rings (SSSR count). The summed E-state index contributed by atoms with van der Waals surface area (Å²) in [6, 6.07) is 17.3. The van der Waals surface area contributed by atoms with Crippen LogP contribution in [-0.2, 0) is 11.3 Å². The highest BCUT2D eigenvalue weighted by Gasteiger charge is 2.09. The number of carbonyl (C=O) groups excluding carboxylic acids is 1. The summed E-state index contributed by atoms with van der Waals surface area (Å²) in [7, 11) is 0. The fraction of sp³-hybridized carbons (Fsp3) is 0.208. The van der Waals surface area contributed by atoms with Crippen molar-refractivity contribution in [3.8, 4) is 34.3 Å². The molecule has 0 atom stereocenters. The van der Waals surface area contributed by atoms with Crippen molar-refractivity contribution in [3.05, 3.63) is 77.3 Å². The van der Waals surface area contributed by atoms with Gasteiger partial charge in [-0.3, -0.25) is 9.59 Å². The Morgan fingerprint density at radius 3 is 2.53 bits per heavy atom. The second-order valence-corrected chi connectivity index (χ2v) is 7.10. The number of aromatic nitrogens is 4. The zero-order valence-electron chi connectivity index (χ0n) is 18.5. The van der Waals surface area contributed by atoms with Crippen LogP contribution in [0.3, 0.4) is 0 Å². The first kappa shape index (κ1) is 22.7. The van der Waals surface area contributed by atoms with Crippen LogP contribution in [0.1, 0.15) is 6.92 Å². The molecule has 10 heteroatoms. The van der Waals surface area contributed by atoms with Gasteiger partial charge in [-0.05, 0) is 55.5 Å². The van der Waals surface area contributed by atoms with Crippen LogP contribution >= 0.6 is 0 Å². The van der Waals surface area contributed by atoms with Crippen molar-refractivity contribution < 1.29 is 18.7 Å². The maximum Gasteiger partial charge on any atom is 0.267 e. The number of carbonyl (C=O) groups is 1. The lowest BCUT2D eigenvalue weighted by Gasteiger charge is -2.09. The fourth-order valence-electron chi connectivity index (χ4n) is 3.10. The molecule has 34 heavy (non-hydrogen) atoms. The van der Waals surface area contributed by atoms with Crippen LogP contribution in [0, 0.1) is 0 Å². The Kier molecular flexibility index (Phi) is 7.28. The molecule has 0 aliphatic heterocycles. The molecular formula is C24H23N5O5. The van der Waals surface area contributed by atoms with Crippen molar-refractivity contribution in [3.63, 3.8) is 0 Å². The van der Waals surface area contributed by atoms with E-state index in [9.17, 15) is 9.59 Å². The molecule has 0 aliphatic rings. The average Bonchev–Trinajstić information content (AvgIpc) is 3.40. The molecule has 0 bridgehead atoms. The van der Waals surface area contributed by atoms with Crippen molar-refractivity contribution in [2.24, 2.45) is 0 Å². The highest BCUT2D eigenvalue weighted by molar-refractivity contribution is 5.75. The van der Waals surface area contributed by atoms with E-state index in [0.717, 1.165) is 16.0 Å². The standard InChI is InChI=1S/C24H23N5O5/c1-2-32-18-7-5-17(6-8-18)19-10-12-24(31)29(28-19)16-22(30)25-13-15-34-23-11-9-20(26-27-23)21-4-3-14-33-21/h3-12,14H,2,13,15-16H2,1H3,(H,25,30). The van der Waals surface area contributed by atoms with Crippen molar-refractivity contribution in [2.75, 3.05) is 19.8 Å². The summed E-state index contributed by atoms with van der Waals surface area (Å²) in [6.07, 6.45) is 1.56. The number of benzene rings is 1. The van der Waals surface area contributed by atoms with Gasteiger partial charge in [0.15, 0.2) is 5.76 Å². The third-order valence-corrected chi connectivity index (χ3v) is 4.71. The van der Waals surface area contributed by atoms with Crippen molar-refractivity contribution in [1.29, 1.82) is 0 Å².